The largest absolute Gasteiger partial charge is 0.495 e. The Labute approximate surface area is 246 Å². The first-order valence-electron chi connectivity index (χ1n) is 12.9. The molecule has 1 fully saturated rings. The lowest BCUT2D eigenvalue weighted by Gasteiger charge is -2.17. The fraction of sp³-hybridized carbons (Fsp3) is 0.194. The Morgan fingerprint density at radius 2 is 1.83 bits per heavy atom. The van der Waals surface area contributed by atoms with E-state index in [4.69, 9.17) is 14.2 Å². The van der Waals surface area contributed by atoms with Gasteiger partial charge in [0.1, 0.15) is 24.6 Å². The molecule has 0 bridgehead atoms. The number of allylic oxidation sites excluding steroid dienone is 1. The van der Waals surface area contributed by atoms with Gasteiger partial charge in [-0.25, -0.2) is 9.69 Å². The molecule has 4 amide bonds. The Kier molecular flexibility index (Phi) is 9.81. The molecule has 41 heavy (non-hydrogen) atoms. The number of methoxy groups -OCH3 is 1. The van der Waals surface area contributed by atoms with E-state index in [1.54, 1.807) is 42.5 Å². The summed E-state index contributed by atoms with van der Waals surface area (Å²) in [7, 11) is 1.48. The molecule has 10 heteroatoms. The molecule has 3 aromatic rings. The van der Waals surface area contributed by atoms with Gasteiger partial charge in [0.05, 0.1) is 19.4 Å². The molecule has 0 aliphatic carbocycles. The van der Waals surface area contributed by atoms with Gasteiger partial charge in [0, 0.05) is 10.0 Å². The number of urea groups is 1. The highest BCUT2D eigenvalue weighted by Gasteiger charge is 2.35. The average Bonchev–Trinajstić information content (AvgIpc) is 3.21. The maximum absolute atomic E-state index is 13.1. The monoisotopic (exact) mass is 619 g/mol. The minimum Gasteiger partial charge on any atom is -0.495 e. The summed E-state index contributed by atoms with van der Waals surface area (Å²) in [5.74, 6) is 0.375. The standard InChI is InChI=1S/C31H30BrN3O6/c1-4-8-22-15-21(17-27(40-5-2)29(22)41-19-20-11-13-23(32)14-12-20)16-25-30(37)35(31(38)34-25)18-28(36)33-24-9-6-7-10-26(24)39-3/h4,6-7,9-17H,1,5,8,18-19H2,2-3H3,(H,33,36)(H,34,38)/b25-16+. The van der Waals surface area contributed by atoms with Crippen molar-refractivity contribution in [2.24, 2.45) is 0 Å². The highest BCUT2D eigenvalue weighted by molar-refractivity contribution is 9.10. The number of nitrogens with one attached hydrogen (secondary N) is 2. The summed E-state index contributed by atoms with van der Waals surface area (Å²) >= 11 is 3.44. The van der Waals surface area contributed by atoms with Crippen LogP contribution in [0.5, 0.6) is 17.2 Å². The Balaban J connectivity index is 1.54. The third-order valence-electron chi connectivity index (χ3n) is 6.07. The highest BCUT2D eigenvalue weighted by Crippen LogP contribution is 2.35. The van der Waals surface area contributed by atoms with Gasteiger partial charge in [-0.1, -0.05) is 46.3 Å². The number of benzene rings is 3. The Bertz CT molecular complexity index is 1490. The van der Waals surface area contributed by atoms with Crippen LogP contribution in [0.4, 0.5) is 10.5 Å². The number of hydrogen-bond donors (Lipinski definition) is 2. The van der Waals surface area contributed by atoms with Gasteiger partial charge in [-0.15, -0.1) is 6.58 Å². The normalized spacial score (nSPS) is 13.6. The smallest absolute Gasteiger partial charge is 0.329 e. The first kappa shape index (κ1) is 29.4. The number of amides is 4. The number of carbonyl (C=O) groups excluding carboxylic acids is 3. The van der Waals surface area contributed by atoms with Gasteiger partial charge in [-0.05, 0) is 66.9 Å². The van der Waals surface area contributed by atoms with Crippen molar-refractivity contribution in [3.63, 3.8) is 0 Å². The number of anilines is 1. The van der Waals surface area contributed by atoms with Gasteiger partial charge in [-0.2, -0.15) is 0 Å². The fourth-order valence-corrected chi connectivity index (χ4v) is 4.46. The number of ether oxygens (including phenoxy) is 3. The molecule has 0 atom stereocenters. The van der Waals surface area contributed by atoms with Crippen molar-refractivity contribution in [3.8, 4) is 17.2 Å². The van der Waals surface area contributed by atoms with E-state index < -0.39 is 24.4 Å². The lowest BCUT2D eigenvalue weighted by atomic mass is 10.0. The molecule has 0 saturated carbocycles. The first-order chi connectivity index (χ1) is 19.8. The maximum atomic E-state index is 13.1. The van der Waals surface area contributed by atoms with E-state index in [0.717, 1.165) is 20.5 Å². The molecule has 1 heterocycles. The van der Waals surface area contributed by atoms with E-state index in [-0.39, 0.29) is 5.70 Å². The molecule has 9 nitrogen and oxygen atoms in total. The second-order valence-electron chi connectivity index (χ2n) is 8.98. The van der Waals surface area contributed by atoms with Crippen molar-refractivity contribution < 1.29 is 28.6 Å². The Hall–Kier alpha value is -4.57. The van der Waals surface area contributed by atoms with Crippen LogP contribution in [0, 0.1) is 0 Å². The molecule has 212 valence electrons. The topological polar surface area (TPSA) is 106 Å². The van der Waals surface area contributed by atoms with E-state index in [0.29, 0.717) is 48.1 Å². The minimum absolute atomic E-state index is 0.0376. The number of hydrogen-bond acceptors (Lipinski definition) is 6. The SMILES string of the molecule is C=CCc1cc(/C=C2/NC(=O)N(CC(=O)Nc3ccccc3OC)C2=O)cc(OCC)c1OCc1ccc(Br)cc1. The number of halogens is 1. The van der Waals surface area contributed by atoms with E-state index in [1.165, 1.54) is 7.11 Å². The molecular formula is C31H30BrN3O6. The molecule has 2 N–H and O–H groups in total. The van der Waals surface area contributed by atoms with Crippen LogP contribution in [0.25, 0.3) is 6.08 Å². The molecule has 3 aromatic carbocycles. The molecule has 1 saturated heterocycles. The van der Waals surface area contributed by atoms with Gasteiger partial charge in [0.15, 0.2) is 11.5 Å². The van der Waals surface area contributed by atoms with Gasteiger partial charge >= 0.3 is 6.03 Å². The Morgan fingerprint density at radius 1 is 1.07 bits per heavy atom. The van der Waals surface area contributed by atoms with Crippen LogP contribution in [0.2, 0.25) is 0 Å². The lowest BCUT2D eigenvalue weighted by molar-refractivity contribution is -0.127. The van der Waals surface area contributed by atoms with Gasteiger partial charge < -0.3 is 24.8 Å². The fourth-order valence-electron chi connectivity index (χ4n) is 4.20. The van der Waals surface area contributed by atoms with Gasteiger partial charge in [0.25, 0.3) is 5.91 Å². The van der Waals surface area contributed by atoms with Crippen LogP contribution in [0.3, 0.4) is 0 Å². The highest BCUT2D eigenvalue weighted by atomic mass is 79.9. The summed E-state index contributed by atoms with van der Waals surface area (Å²) in [4.78, 5) is 39.2. The predicted molar refractivity (Wildman–Crippen MR) is 160 cm³/mol. The average molecular weight is 621 g/mol. The number of nitrogens with zero attached hydrogens (tertiary/aromatic N) is 1. The van der Waals surface area contributed by atoms with Gasteiger partial charge in [0.2, 0.25) is 5.91 Å². The maximum Gasteiger partial charge on any atom is 0.329 e. The van der Waals surface area contributed by atoms with Crippen molar-refractivity contribution in [1.82, 2.24) is 10.2 Å². The van der Waals surface area contributed by atoms with Crippen molar-refractivity contribution in [2.45, 2.75) is 20.0 Å². The van der Waals surface area contributed by atoms with Crippen molar-refractivity contribution in [1.29, 1.82) is 0 Å². The van der Waals surface area contributed by atoms with Crippen LogP contribution in [0.1, 0.15) is 23.6 Å². The van der Waals surface area contributed by atoms with Crippen molar-refractivity contribution in [3.05, 3.63) is 100 Å². The molecule has 4 rings (SSSR count). The first-order valence-corrected chi connectivity index (χ1v) is 13.7. The van der Waals surface area contributed by atoms with Crippen LogP contribution in [-0.2, 0) is 22.6 Å². The van der Waals surface area contributed by atoms with Crippen molar-refractivity contribution >= 4 is 45.5 Å². The van der Waals surface area contributed by atoms with E-state index in [9.17, 15) is 14.4 Å². The molecule has 0 unspecified atom stereocenters. The molecule has 0 radical (unpaired) electrons. The molecule has 1 aliphatic heterocycles. The summed E-state index contributed by atoms with van der Waals surface area (Å²) in [6.07, 6.45) is 3.79. The zero-order chi connectivity index (χ0) is 29.4. The summed E-state index contributed by atoms with van der Waals surface area (Å²) < 4.78 is 18.3. The van der Waals surface area contributed by atoms with E-state index in [2.05, 4.69) is 33.1 Å². The number of para-hydroxylation sites is 2. The third kappa shape index (κ3) is 7.34. The second-order valence-corrected chi connectivity index (χ2v) is 9.89. The second kappa shape index (κ2) is 13.7. The quantitative estimate of drug-likeness (QED) is 0.153. The van der Waals surface area contributed by atoms with E-state index in [1.807, 2.05) is 37.3 Å². The summed E-state index contributed by atoms with van der Waals surface area (Å²) in [6, 6.07) is 17.6. The lowest BCUT2D eigenvalue weighted by Crippen LogP contribution is -2.38. The summed E-state index contributed by atoms with van der Waals surface area (Å²) in [5, 5.41) is 5.23. The number of carbonyl (C=O) groups is 3. The van der Waals surface area contributed by atoms with Crippen LogP contribution in [0.15, 0.2) is 83.5 Å². The molecule has 1 aliphatic rings. The summed E-state index contributed by atoms with van der Waals surface area (Å²) in [6.45, 7) is 5.98. The zero-order valence-corrected chi connectivity index (χ0v) is 24.3. The van der Waals surface area contributed by atoms with E-state index >= 15 is 0 Å². The third-order valence-corrected chi connectivity index (χ3v) is 6.60. The van der Waals surface area contributed by atoms with Gasteiger partial charge in [-0.3, -0.25) is 9.59 Å². The minimum atomic E-state index is -0.692. The molecule has 0 aromatic heterocycles. The molecule has 0 spiro atoms. The van der Waals surface area contributed by atoms with Crippen LogP contribution < -0.4 is 24.8 Å². The predicted octanol–water partition coefficient (Wildman–Crippen LogP) is 5.70. The Morgan fingerprint density at radius 3 is 2.54 bits per heavy atom. The van der Waals surface area contributed by atoms with Crippen LogP contribution in [-0.4, -0.2) is 43.0 Å². The van der Waals surface area contributed by atoms with Crippen molar-refractivity contribution in [2.75, 3.05) is 25.6 Å². The number of imide groups is 1. The summed E-state index contributed by atoms with van der Waals surface area (Å²) in [5.41, 5.74) is 2.88. The molecular weight excluding hydrogens is 590 g/mol. The zero-order valence-electron chi connectivity index (χ0n) is 22.7. The number of rotatable bonds is 12. The van der Waals surface area contributed by atoms with Crippen LogP contribution >= 0.6 is 15.9 Å².